The number of hydrogen-bond acceptors (Lipinski definition) is 7. The van der Waals surface area contributed by atoms with Gasteiger partial charge in [-0.15, -0.1) is 0 Å². The molecule has 0 saturated heterocycles. The fraction of sp³-hybridized carbons (Fsp3) is 0.577. The van der Waals surface area contributed by atoms with Gasteiger partial charge in [-0.1, -0.05) is 12.1 Å². The molecule has 0 aromatic heterocycles. The second-order valence-corrected chi connectivity index (χ2v) is 9.80. The van der Waals surface area contributed by atoms with E-state index in [4.69, 9.17) is 14.6 Å². The first-order valence-corrected chi connectivity index (χ1v) is 13.4. The van der Waals surface area contributed by atoms with E-state index in [9.17, 15) is 19.5 Å². The van der Waals surface area contributed by atoms with Crippen molar-refractivity contribution in [1.82, 2.24) is 10.2 Å². The summed E-state index contributed by atoms with van der Waals surface area (Å²) in [4.78, 5) is 39.1. The largest absolute Gasteiger partial charge is 0.482 e. The Bertz CT molecular complexity index is 908. The highest BCUT2D eigenvalue weighted by Gasteiger charge is 2.40. The number of nitrogens with one attached hydrogen (secondary N) is 1. The van der Waals surface area contributed by atoms with Gasteiger partial charge in [0.15, 0.2) is 0 Å². The lowest BCUT2D eigenvalue weighted by Gasteiger charge is -2.40. The molecule has 3 N–H and O–H groups in total. The Morgan fingerprint density at radius 3 is 2.61 bits per heavy atom. The predicted molar refractivity (Wildman–Crippen MR) is 144 cm³/mol. The second kappa shape index (κ2) is 16.0. The van der Waals surface area contributed by atoms with Crippen molar-refractivity contribution in [3.05, 3.63) is 39.5 Å². The summed E-state index contributed by atoms with van der Waals surface area (Å²) in [5.74, 6) is 0.00223. The van der Waals surface area contributed by atoms with Gasteiger partial charge in [-0.3, -0.25) is 9.59 Å². The smallest absolute Gasteiger partial charge is 0.247 e. The summed E-state index contributed by atoms with van der Waals surface area (Å²) in [7, 11) is 0. The molecular weight excluding hydrogens is 579 g/mol. The van der Waals surface area contributed by atoms with Gasteiger partial charge in [-0.25, -0.2) is 0 Å². The number of aliphatic hydroxyl groups excluding tert-OH is 2. The molecule has 0 saturated carbocycles. The number of amides is 2. The minimum absolute atomic E-state index is 0.0140. The number of benzene rings is 1. The van der Waals surface area contributed by atoms with E-state index in [1.165, 1.54) is 6.92 Å². The maximum absolute atomic E-state index is 13.3. The van der Waals surface area contributed by atoms with Crippen molar-refractivity contribution >= 4 is 40.2 Å². The highest BCUT2D eigenvalue weighted by atomic mass is 127. The maximum Gasteiger partial charge on any atom is 0.247 e. The molecular formula is C26H37IN2O7. The van der Waals surface area contributed by atoms with E-state index >= 15 is 0 Å². The Labute approximate surface area is 226 Å². The molecule has 1 aromatic carbocycles. The standard InChI is InChI=1S/C26H37IN2O7/c1-3-35-15-7-13-29(24(32)11-6-8-18(2)31)21-16-19(26(34)28-12-14-30)17-23(25(21)33)36-22-10-5-4-9-20(22)27/h4-5,9-10,17,21,23,25,30,33H,3,6-8,11-16H2,1-2H3,(H,28,34)/t21-,23+,25+/m1/s1. The van der Waals surface area contributed by atoms with Crippen LogP contribution in [0.4, 0.5) is 0 Å². The van der Waals surface area contributed by atoms with Crippen molar-refractivity contribution < 1.29 is 34.1 Å². The van der Waals surface area contributed by atoms with E-state index < -0.39 is 18.2 Å². The number of aliphatic hydroxyl groups is 2. The van der Waals surface area contributed by atoms with Crippen LogP contribution >= 0.6 is 22.6 Å². The minimum Gasteiger partial charge on any atom is -0.482 e. The lowest BCUT2D eigenvalue weighted by molar-refractivity contribution is -0.139. The van der Waals surface area contributed by atoms with Gasteiger partial charge in [0.25, 0.3) is 0 Å². The molecule has 0 heterocycles. The number of nitrogens with zero attached hydrogens (tertiary/aromatic N) is 1. The first kappa shape index (κ1) is 30.2. The molecule has 200 valence electrons. The lowest BCUT2D eigenvalue weighted by atomic mass is 9.87. The monoisotopic (exact) mass is 616 g/mol. The Hall–Kier alpha value is -2.02. The number of ketones is 1. The van der Waals surface area contributed by atoms with Crippen molar-refractivity contribution in [2.45, 2.75) is 64.2 Å². The van der Waals surface area contributed by atoms with Crippen LogP contribution in [-0.4, -0.2) is 83.9 Å². The molecule has 10 heteroatoms. The number of carbonyl (C=O) groups excluding carboxylic acids is 3. The Morgan fingerprint density at radius 1 is 1.19 bits per heavy atom. The maximum atomic E-state index is 13.3. The third-order valence-electron chi connectivity index (χ3n) is 5.85. The van der Waals surface area contributed by atoms with Crippen molar-refractivity contribution in [3.8, 4) is 5.75 Å². The molecule has 1 aliphatic carbocycles. The number of rotatable bonds is 15. The lowest BCUT2D eigenvalue weighted by Crippen LogP contribution is -2.55. The topological polar surface area (TPSA) is 125 Å². The third-order valence-corrected chi connectivity index (χ3v) is 6.74. The molecule has 0 fully saturated rings. The molecule has 9 nitrogen and oxygen atoms in total. The van der Waals surface area contributed by atoms with Crippen LogP contribution in [-0.2, 0) is 19.1 Å². The summed E-state index contributed by atoms with van der Waals surface area (Å²) in [5.41, 5.74) is 0.376. The number of carbonyl (C=O) groups is 3. The van der Waals surface area contributed by atoms with Gasteiger partial charge < -0.3 is 34.7 Å². The Morgan fingerprint density at radius 2 is 1.94 bits per heavy atom. The average molecular weight is 616 g/mol. The van der Waals surface area contributed by atoms with Crippen LogP contribution in [0.5, 0.6) is 5.75 Å². The van der Waals surface area contributed by atoms with Crippen molar-refractivity contribution in [3.63, 3.8) is 0 Å². The molecule has 0 aliphatic heterocycles. The molecule has 0 unspecified atom stereocenters. The van der Waals surface area contributed by atoms with Crippen LogP contribution < -0.4 is 10.1 Å². The molecule has 1 aliphatic rings. The van der Waals surface area contributed by atoms with E-state index in [-0.39, 0.29) is 43.6 Å². The molecule has 0 radical (unpaired) electrons. The molecule has 2 rings (SSSR count). The van der Waals surface area contributed by atoms with E-state index in [0.29, 0.717) is 50.3 Å². The van der Waals surface area contributed by atoms with Crippen LogP contribution in [0.15, 0.2) is 35.9 Å². The van der Waals surface area contributed by atoms with Gasteiger partial charge in [-0.05, 0) is 67.5 Å². The van der Waals surface area contributed by atoms with Crippen molar-refractivity contribution in [1.29, 1.82) is 0 Å². The molecule has 2 amide bonds. The first-order chi connectivity index (χ1) is 17.3. The zero-order valence-electron chi connectivity index (χ0n) is 21.0. The van der Waals surface area contributed by atoms with Gasteiger partial charge in [0.1, 0.15) is 23.7 Å². The van der Waals surface area contributed by atoms with Gasteiger partial charge >= 0.3 is 0 Å². The van der Waals surface area contributed by atoms with Gasteiger partial charge in [0.05, 0.1) is 16.2 Å². The Kier molecular flexibility index (Phi) is 13.4. The van der Waals surface area contributed by atoms with E-state index in [1.54, 1.807) is 17.0 Å². The molecule has 36 heavy (non-hydrogen) atoms. The van der Waals surface area contributed by atoms with E-state index in [1.807, 2.05) is 25.1 Å². The molecule has 0 bridgehead atoms. The minimum atomic E-state index is -1.08. The number of para-hydroxylation sites is 1. The summed E-state index contributed by atoms with van der Waals surface area (Å²) < 4.78 is 12.4. The Balaban J connectivity index is 2.33. The quantitative estimate of drug-likeness (QED) is 0.204. The van der Waals surface area contributed by atoms with Crippen molar-refractivity contribution in [2.24, 2.45) is 0 Å². The zero-order chi connectivity index (χ0) is 26.5. The second-order valence-electron chi connectivity index (χ2n) is 8.64. The SMILES string of the molecule is CCOCCCN(C(=O)CCCC(C)=O)[C@@H]1CC(C(=O)NCCO)=C[C@H](Oc2ccccc2I)[C@H]1O. The summed E-state index contributed by atoms with van der Waals surface area (Å²) in [5, 5.41) is 23.1. The normalized spacial score (nSPS) is 19.4. The zero-order valence-corrected chi connectivity index (χ0v) is 23.1. The van der Waals surface area contributed by atoms with Crippen LogP contribution in [0.25, 0.3) is 0 Å². The summed E-state index contributed by atoms with van der Waals surface area (Å²) in [6, 6.07) is 6.64. The number of ether oxygens (including phenoxy) is 2. The van der Waals surface area contributed by atoms with E-state index in [2.05, 4.69) is 27.9 Å². The summed E-state index contributed by atoms with van der Waals surface area (Å²) in [6.45, 7) is 4.62. The van der Waals surface area contributed by atoms with Crippen molar-refractivity contribution in [2.75, 3.05) is 32.9 Å². The highest BCUT2D eigenvalue weighted by Crippen LogP contribution is 2.30. The number of hydrogen-bond donors (Lipinski definition) is 3. The van der Waals surface area contributed by atoms with E-state index in [0.717, 1.165) is 3.57 Å². The third kappa shape index (κ3) is 9.45. The average Bonchev–Trinajstić information content (AvgIpc) is 2.85. The number of halogens is 1. The molecule has 1 aromatic rings. The van der Waals surface area contributed by atoms with Crippen LogP contribution in [0, 0.1) is 3.57 Å². The first-order valence-electron chi connectivity index (χ1n) is 12.3. The summed E-state index contributed by atoms with van der Waals surface area (Å²) >= 11 is 2.14. The summed E-state index contributed by atoms with van der Waals surface area (Å²) in [6.07, 6.45) is 1.22. The van der Waals surface area contributed by atoms with Crippen LogP contribution in [0.2, 0.25) is 0 Å². The van der Waals surface area contributed by atoms with Crippen LogP contribution in [0.3, 0.4) is 0 Å². The van der Waals surface area contributed by atoms with Gasteiger partial charge in [0, 0.05) is 51.1 Å². The highest BCUT2D eigenvalue weighted by molar-refractivity contribution is 14.1. The predicted octanol–water partition coefficient (Wildman–Crippen LogP) is 2.22. The molecule has 0 spiro atoms. The van der Waals surface area contributed by atoms with Gasteiger partial charge in [0.2, 0.25) is 11.8 Å². The fourth-order valence-corrected chi connectivity index (χ4v) is 4.57. The fourth-order valence-electron chi connectivity index (χ4n) is 4.06. The number of Topliss-reactive ketones (excluding diaryl/α,β-unsaturated/α-hetero) is 1. The van der Waals surface area contributed by atoms with Crippen LogP contribution in [0.1, 0.15) is 46.0 Å². The van der Waals surface area contributed by atoms with Gasteiger partial charge in [-0.2, -0.15) is 0 Å². The molecule has 3 atom stereocenters.